The number of hydrogen-bond acceptors (Lipinski definition) is 10. The molecule has 6 aromatic carbocycles. The summed E-state index contributed by atoms with van der Waals surface area (Å²) < 4.78 is 170. The van der Waals surface area contributed by atoms with Gasteiger partial charge in [0.25, 0.3) is 10.1 Å². The molecule has 7 aromatic rings. The average molecular weight is 973 g/mol. The van der Waals surface area contributed by atoms with Crippen LogP contribution in [0.3, 0.4) is 0 Å². The number of rotatable bonds is 12. The molecule has 0 radical (unpaired) electrons. The number of benzene rings is 6. The van der Waals surface area contributed by atoms with Gasteiger partial charge >= 0.3 is 22.5 Å². The lowest BCUT2D eigenvalue weighted by Crippen LogP contribution is -2.54. The van der Waals surface area contributed by atoms with E-state index in [0.29, 0.717) is 35.4 Å². The Hall–Kier alpha value is -7.82. The Bertz CT molecular complexity index is 3440. The van der Waals surface area contributed by atoms with Crippen molar-refractivity contribution in [3.63, 3.8) is 0 Å². The molecule has 0 atom stereocenters. The van der Waals surface area contributed by atoms with Crippen LogP contribution in [0, 0.1) is 36.5 Å². The number of halogens is 6. The maximum atomic E-state index is 15.1. The standard InChI is InChI=1S/C47H30F6N4O9S2/c1-27-9-19-35(36(21-27)44(58)29-10-20-39(42(22-29)67(59,60)61)57-25-43(56-26-57)68(62,63)64)34-6-4-8-41(38(34)24-55)66-33-17-13-31(14-18-33)45(46(48,49)50,47(51,52)53)30-11-15-32(16-12-30)65-40-7-3-5-28(2)37(40)23-54/h3-22,25-26H,1-2H3,(H,59,60,61)(H,62,63,64). The molecule has 68 heavy (non-hydrogen) atoms. The number of carbonyl (C=O) groups excluding carboxylic acids is 1. The zero-order valence-electron chi connectivity index (χ0n) is 34.8. The lowest BCUT2D eigenvalue weighted by atomic mass is 9.73. The number of aromatic nitrogens is 2. The summed E-state index contributed by atoms with van der Waals surface area (Å²) in [6.07, 6.45) is -10.3. The number of carbonyl (C=O) groups is 1. The highest BCUT2D eigenvalue weighted by atomic mass is 32.2. The normalized spacial score (nSPS) is 12.2. The first-order valence-corrected chi connectivity index (χ1v) is 22.3. The van der Waals surface area contributed by atoms with E-state index in [4.69, 9.17) is 9.47 Å². The third kappa shape index (κ3) is 9.03. The summed E-state index contributed by atoms with van der Waals surface area (Å²) in [6, 6.07) is 26.1. The van der Waals surface area contributed by atoms with Gasteiger partial charge in [0.15, 0.2) is 5.78 Å². The zero-order valence-corrected chi connectivity index (χ0v) is 36.5. The van der Waals surface area contributed by atoms with Crippen molar-refractivity contribution in [3.05, 3.63) is 178 Å². The fourth-order valence-corrected chi connectivity index (χ4v) is 8.63. The molecule has 0 aliphatic heterocycles. The molecule has 2 N–H and O–H groups in total. The quantitative estimate of drug-likeness (QED) is 0.0666. The Labute approximate surface area is 383 Å². The van der Waals surface area contributed by atoms with Crippen molar-refractivity contribution >= 4 is 26.0 Å². The van der Waals surface area contributed by atoms with E-state index in [1.54, 1.807) is 32.0 Å². The van der Waals surface area contributed by atoms with Crippen molar-refractivity contribution in [2.24, 2.45) is 0 Å². The van der Waals surface area contributed by atoms with E-state index in [9.17, 15) is 41.3 Å². The number of aryl methyl sites for hydroxylation is 2. The second-order valence-electron chi connectivity index (χ2n) is 15.0. The fraction of sp³-hybridized carbons (Fsp3) is 0.106. The molecular formula is C47H30F6N4O9S2. The van der Waals surface area contributed by atoms with Gasteiger partial charge in [0.2, 0.25) is 10.4 Å². The molecule has 1 heterocycles. The number of ether oxygens (including phenoxy) is 2. The van der Waals surface area contributed by atoms with Gasteiger partial charge in [-0.2, -0.15) is 53.7 Å². The summed E-state index contributed by atoms with van der Waals surface area (Å²) in [4.78, 5) is 16.9. The van der Waals surface area contributed by atoms with E-state index in [1.165, 1.54) is 36.4 Å². The third-order valence-electron chi connectivity index (χ3n) is 10.7. The number of ketones is 1. The predicted molar refractivity (Wildman–Crippen MR) is 230 cm³/mol. The summed E-state index contributed by atoms with van der Waals surface area (Å²) in [7, 11) is -9.92. The molecule has 21 heteroatoms. The maximum absolute atomic E-state index is 15.1. The molecule has 7 rings (SSSR count). The number of alkyl halides is 6. The molecule has 0 amide bonds. The van der Waals surface area contributed by atoms with E-state index in [2.05, 4.69) is 4.98 Å². The highest BCUT2D eigenvalue weighted by molar-refractivity contribution is 7.86. The van der Waals surface area contributed by atoms with E-state index in [0.717, 1.165) is 59.6 Å². The molecular weight excluding hydrogens is 943 g/mol. The summed E-state index contributed by atoms with van der Waals surface area (Å²) in [5.41, 5.74) is -6.59. The molecule has 13 nitrogen and oxygen atoms in total. The minimum atomic E-state index is -5.95. The second-order valence-corrected chi connectivity index (χ2v) is 17.7. The van der Waals surface area contributed by atoms with Crippen LogP contribution >= 0.6 is 0 Å². The first-order valence-electron chi connectivity index (χ1n) is 19.4. The van der Waals surface area contributed by atoms with Gasteiger partial charge in [-0.3, -0.25) is 13.9 Å². The van der Waals surface area contributed by atoms with Gasteiger partial charge in [0.05, 0.1) is 17.4 Å². The van der Waals surface area contributed by atoms with Crippen molar-refractivity contribution in [2.45, 2.75) is 41.5 Å². The Morgan fingerprint density at radius 3 is 1.71 bits per heavy atom. The molecule has 0 spiro atoms. The summed E-state index contributed by atoms with van der Waals surface area (Å²) in [5.74, 6) is -1.42. The van der Waals surface area contributed by atoms with E-state index >= 15 is 26.3 Å². The predicted octanol–water partition coefficient (Wildman–Crippen LogP) is 10.6. The number of imidazole rings is 1. The van der Waals surface area contributed by atoms with Crippen LogP contribution in [0.4, 0.5) is 26.3 Å². The minimum absolute atomic E-state index is 0.0427. The minimum Gasteiger partial charge on any atom is -0.456 e. The molecule has 0 bridgehead atoms. The first kappa shape index (κ1) is 48.1. The van der Waals surface area contributed by atoms with Crippen LogP contribution in [0.15, 0.2) is 144 Å². The SMILES string of the molecule is Cc1ccc(-c2cccc(Oc3ccc(C(c4ccc(Oc5cccc(C)c5C#N)cc4)(C(F)(F)F)C(F)(F)F)cc3)c2C#N)c(C(=O)c2ccc(-n3cnc(S(=O)(=O)O)c3)c(S(=O)(=O)O)c2)c1. The van der Waals surface area contributed by atoms with Crippen LogP contribution in [0.1, 0.15) is 49.3 Å². The Balaban J connectivity index is 1.23. The van der Waals surface area contributed by atoms with E-state index in [-0.39, 0.29) is 62.1 Å². The highest BCUT2D eigenvalue weighted by Crippen LogP contribution is 2.56. The molecule has 0 aliphatic rings. The zero-order chi connectivity index (χ0) is 49.6. The lowest BCUT2D eigenvalue weighted by Gasteiger charge is -2.38. The molecule has 0 saturated heterocycles. The van der Waals surface area contributed by atoms with E-state index in [1.807, 2.05) is 12.1 Å². The van der Waals surface area contributed by atoms with Gasteiger partial charge in [-0.15, -0.1) is 0 Å². The van der Waals surface area contributed by atoms with Crippen LogP contribution < -0.4 is 9.47 Å². The molecule has 0 aliphatic carbocycles. The van der Waals surface area contributed by atoms with Crippen LogP contribution in [0.2, 0.25) is 0 Å². The van der Waals surface area contributed by atoms with Crippen molar-refractivity contribution in [2.75, 3.05) is 0 Å². The van der Waals surface area contributed by atoms with Crippen LogP contribution in [-0.2, 0) is 25.7 Å². The number of hydrogen-bond donors (Lipinski definition) is 2. The van der Waals surface area contributed by atoms with Crippen molar-refractivity contribution < 1.29 is 66.6 Å². The summed E-state index contributed by atoms with van der Waals surface area (Å²) >= 11 is 0. The first-order chi connectivity index (χ1) is 31.9. The highest BCUT2D eigenvalue weighted by Gasteiger charge is 2.72. The van der Waals surface area contributed by atoms with Gasteiger partial charge in [0.1, 0.15) is 51.9 Å². The topological polar surface area (TPSA) is 210 Å². The average Bonchev–Trinajstić information content (AvgIpc) is 3.78. The molecule has 1 aromatic heterocycles. The number of nitriles is 2. The van der Waals surface area contributed by atoms with E-state index < -0.39 is 64.8 Å². The fourth-order valence-electron chi connectivity index (χ4n) is 7.49. The molecule has 0 saturated carbocycles. The third-order valence-corrected chi connectivity index (χ3v) is 12.3. The maximum Gasteiger partial charge on any atom is 0.411 e. The van der Waals surface area contributed by atoms with Crippen molar-refractivity contribution in [1.82, 2.24) is 9.55 Å². The monoisotopic (exact) mass is 972 g/mol. The summed E-state index contributed by atoms with van der Waals surface area (Å²) in [5, 5.41) is 19.1. The van der Waals surface area contributed by atoms with Gasteiger partial charge in [0, 0.05) is 16.7 Å². The molecule has 346 valence electrons. The van der Waals surface area contributed by atoms with Crippen molar-refractivity contribution in [3.8, 4) is 52.0 Å². The van der Waals surface area contributed by atoms with Gasteiger partial charge in [-0.05, 0) is 96.8 Å². The lowest BCUT2D eigenvalue weighted by molar-refractivity contribution is -0.288. The Morgan fingerprint density at radius 1 is 0.662 bits per heavy atom. The van der Waals surface area contributed by atoms with Gasteiger partial charge in [-0.25, -0.2) is 4.98 Å². The van der Waals surface area contributed by atoms with Crippen molar-refractivity contribution in [1.29, 1.82) is 10.5 Å². The Kier molecular flexibility index (Phi) is 12.6. The smallest absolute Gasteiger partial charge is 0.411 e. The Morgan fingerprint density at radius 2 is 1.21 bits per heavy atom. The van der Waals surface area contributed by atoms with Crippen LogP contribution in [0.25, 0.3) is 16.8 Å². The van der Waals surface area contributed by atoms with Gasteiger partial charge in [-0.1, -0.05) is 66.2 Å². The molecule has 0 unspecified atom stereocenters. The summed E-state index contributed by atoms with van der Waals surface area (Å²) in [6.45, 7) is 3.25. The second kappa shape index (κ2) is 17.8. The van der Waals surface area contributed by atoms with Crippen LogP contribution in [-0.4, -0.2) is 53.6 Å². The largest absolute Gasteiger partial charge is 0.456 e. The molecule has 0 fully saturated rings. The van der Waals surface area contributed by atoms with Crippen LogP contribution in [0.5, 0.6) is 23.0 Å². The van der Waals surface area contributed by atoms with Gasteiger partial charge < -0.3 is 14.0 Å². The number of nitrogens with zero attached hydrogens (tertiary/aromatic N) is 4.